The van der Waals surface area contributed by atoms with Crippen LogP contribution in [-0.2, 0) is 9.53 Å². The minimum Gasteiger partial charge on any atom is -0.454 e. The van der Waals surface area contributed by atoms with E-state index in [-0.39, 0.29) is 24.2 Å². The number of amides is 1. The molecule has 2 aromatic rings. The zero-order valence-corrected chi connectivity index (χ0v) is 15.0. The highest BCUT2D eigenvalue weighted by Gasteiger charge is 2.27. The molecule has 1 N–H and O–H groups in total. The second kappa shape index (κ2) is 7.12. The second-order valence-corrected chi connectivity index (χ2v) is 6.79. The average molecular weight is 351 g/mol. The Balaban J connectivity index is 1.64. The number of hydrogen-bond acceptors (Lipinski definition) is 4. The maximum Gasteiger partial charge on any atom is 0.338 e. The monoisotopic (exact) mass is 351 g/mol. The molecule has 3 rings (SSSR count). The van der Waals surface area contributed by atoms with Gasteiger partial charge < -0.3 is 10.1 Å². The van der Waals surface area contributed by atoms with Gasteiger partial charge in [0.2, 0.25) is 5.91 Å². The third-order valence-electron chi connectivity index (χ3n) is 4.64. The first-order valence-electron chi connectivity index (χ1n) is 8.62. The van der Waals surface area contributed by atoms with E-state index in [1.165, 1.54) is 0 Å². The molecule has 2 aromatic carbocycles. The molecule has 134 valence electrons. The van der Waals surface area contributed by atoms with Crippen molar-refractivity contribution in [3.63, 3.8) is 0 Å². The standard InChI is InChI=1S/C21H21NO4/c1-12(2)14-4-6-15(7-5-14)21(25)26-11-19(23)16-8-9-18-17(10-16)13(3)20(24)22-18/h4-10,12-13H,11H2,1-3H3,(H,22,24)/t13-/m1/s1. The van der Waals surface area contributed by atoms with Crippen LogP contribution >= 0.6 is 0 Å². The fourth-order valence-corrected chi connectivity index (χ4v) is 2.89. The molecule has 0 spiro atoms. The lowest BCUT2D eigenvalue weighted by Crippen LogP contribution is -2.14. The molecular weight excluding hydrogens is 330 g/mol. The van der Waals surface area contributed by atoms with Gasteiger partial charge >= 0.3 is 5.97 Å². The first-order valence-corrected chi connectivity index (χ1v) is 8.62. The summed E-state index contributed by atoms with van der Waals surface area (Å²) in [6, 6.07) is 12.2. The molecule has 1 aliphatic rings. The lowest BCUT2D eigenvalue weighted by molar-refractivity contribution is -0.116. The van der Waals surface area contributed by atoms with Gasteiger partial charge in [-0.1, -0.05) is 26.0 Å². The normalized spacial score (nSPS) is 15.5. The van der Waals surface area contributed by atoms with Crippen molar-refractivity contribution in [3.8, 4) is 0 Å². The number of carbonyl (C=O) groups is 3. The van der Waals surface area contributed by atoms with Crippen LogP contribution in [0.4, 0.5) is 5.69 Å². The number of benzene rings is 2. The minimum absolute atomic E-state index is 0.0825. The summed E-state index contributed by atoms with van der Waals surface area (Å²) in [5.41, 5.74) is 3.49. The Morgan fingerprint density at radius 2 is 1.73 bits per heavy atom. The molecule has 0 radical (unpaired) electrons. The van der Waals surface area contributed by atoms with Gasteiger partial charge in [-0.3, -0.25) is 9.59 Å². The number of esters is 1. The largest absolute Gasteiger partial charge is 0.454 e. The topological polar surface area (TPSA) is 72.5 Å². The fourth-order valence-electron chi connectivity index (χ4n) is 2.89. The summed E-state index contributed by atoms with van der Waals surface area (Å²) in [5, 5.41) is 2.76. The number of fused-ring (bicyclic) bond motifs is 1. The van der Waals surface area contributed by atoms with Crippen molar-refractivity contribution >= 4 is 23.3 Å². The highest BCUT2D eigenvalue weighted by atomic mass is 16.5. The zero-order chi connectivity index (χ0) is 18.8. The Hall–Kier alpha value is -2.95. The summed E-state index contributed by atoms with van der Waals surface area (Å²) in [6.45, 7) is 5.61. The molecule has 1 heterocycles. The summed E-state index contributed by atoms with van der Waals surface area (Å²) in [7, 11) is 0. The molecule has 1 aliphatic heterocycles. The van der Waals surface area contributed by atoms with Gasteiger partial charge in [-0.25, -0.2) is 4.79 Å². The van der Waals surface area contributed by atoms with Crippen LogP contribution in [0.5, 0.6) is 0 Å². The Labute approximate surface area is 152 Å². The van der Waals surface area contributed by atoms with Crippen molar-refractivity contribution in [3.05, 3.63) is 64.7 Å². The molecule has 0 bridgehead atoms. The Morgan fingerprint density at radius 1 is 1.08 bits per heavy atom. The van der Waals surface area contributed by atoms with Crippen LogP contribution in [0, 0.1) is 0 Å². The number of rotatable bonds is 5. The highest BCUT2D eigenvalue weighted by Crippen LogP contribution is 2.32. The molecule has 1 amide bonds. The van der Waals surface area contributed by atoms with Crippen molar-refractivity contribution in [1.82, 2.24) is 0 Å². The maximum absolute atomic E-state index is 12.3. The Kier molecular flexibility index (Phi) is 4.89. The first-order chi connectivity index (χ1) is 12.4. The van der Waals surface area contributed by atoms with E-state index >= 15 is 0 Å². The van der Waals surface area contributed by atoms with Crippen LogP contribution in [-0.4, -0.2) is 24.3 Å². The summed E-state index contributed by atoms with van der Waals surface area (Å²) in [6.07, 6.45) is 0. The van der Waals surface area contributed by atoms with Crippen LogP contribution in [0.1, 0.15) is 64.4 Å². The maximum atomic E-state index is 12.3. The predicted octanol–water partition coefficient (Wildman–Crippen LogP) is 3.91. The Bertz CT molecular complexity index is 868. The van der Waals surface area contributed by atoms with E-state index in [4.69, 9.17) is 4.74 Å². The molecule has 1 atom stereocenters. The number of carbonyl (C=O) groups excluding carboxylic acids is 3. The Morgan fingerprint density at radius 3 is 2.38 bits per heavy atom. The first kappa shape index (κ1) is 17.9. The molecule has 5 heteroatoms. The quantitative estimate of drug-likeness (QED) is 0.655. The summed E-state index contributed by atoms with van der Waals surface area (Å²) >= 11 is 0. The molecule has 26 heavy (non-hydrogen) atoms. The number of ketones is 1. The van der Waals surface area contributed by atoms with Crippen LogP contribution in [0.25, 0.3) is 0 Å². The summed E-state index contributed by atoms with van der Waals surface area (Å²) in [4.78, 5) is 36.1. The zero-order valence-electron chi connectivity index (χ0n) is 15.0. The molecule has 0 aliphatic carbocycles. The second-order valence-electron chi connectivity index (χ2n) is 6.79. The number of hydrogen-bond donors (Lipinski definition) is 1. The van der Waals surface area contributed by atoms with E-state index in [1.54, 1.807) is 37.3 Å². The van der Waals surface area contributed by atoms with Gasteiger partial charge in [0.1, 0.15) is 0 Å². The number of nitrogens with one attached hydrogen (secondary N) is 1. The van der Waals surface area contributed by atoms with E-state index < -0.39 is 5.97 Å². The average Bonchev–Trinajstić information content (AvgIpc) is 2.93. The van der Waals surface area contributed by atoms with Crippen molar-refractivity contribution in [2.75, 3.05) is 11.9 Å². The molecular formula is C21H21NO4. The molecule has 0 unspecified atom stereocenters. The predicted molar refractivity (Wildman–Crippen MR) is 98.6 cm³/mol. The number of anilines is 1. The van der Waals surface area contributed by atoms with Gasteiger partial charge in [-0.2, -0.15) is 0 Å². The van der Waals surface area contributed by atoms with Crippen LogP contribution in [0.15, 0.2) is 42.5 Å². The van der Waals surface area contributed by atoms with Gasteiger partial charge in [0, 0.05) is 11.3 Å². The molecule has 0 saturated carbocycles. The molecule has 0 aromatic heterocycles. The summed E-state index contributed by atoms with van der Waals surface area (Å²) < 4.78 is 5.14. The van der Waals surface area contributed by atoms with Crippen LogP contribution in [0.2, 0.25) is 0 Å². The van der Waals surface area contributed by atoms with Gasteiger partial charge in [0.25, 0.3) is 0 Å². The van der Waals surface area contributed by atoms with E-state index in [0.717, 1.165) is 16.8 Å². The lowest BCUT2D eigenvalue weighted by Gasteiger charge is -2.08. The van der Waals surface area contributed by atoms with Gasteiger partial charge in [-0.15, -0.1) is 0 Å². The van der Waals surface area contributed by atoms with Crippen LogP contribution in [0.3, 0.4) is 0 Å². The van der Waals surface area contributed by atoms with Crippen LogP contribution < -0.4 is 5.32 Å². The number of ether oxygens (including phenoxy) is 1. The van der Waals surface area contributed by atoms with E-state index in [1.807, 2.05) is 12.1 Å². The van der Waals surface area contributed by atoms with E-state index in [9.17, 15) is 14.4 Å². The van der Waals surface area contributed by atoms with Gasteiger partial charge in [-0.05, 0) is 54.3 Å². The molecule has 0 saturated heterocycles. The third-order valence-corrected chi connectivity index (χ3v) is 4.64. The SMILES string of the molecule is CC(C)c1ccc(C(=O)OCC(=O)c2ccc3c(c2)[C@@H](C)C(=O)N3)cc1. The molecule has 0 fully saturated rings. The van der Waals surface area contributed by atoms with Gasteiger partial charge in [0.05, 0.1) is 11.5 Å². The summed E-state index contributed by atoms with van der Waals surface area (Å²) in [5.74, 6) is -0.822. The van der Waals surface area contributed by atoms with Crippen molar-refractivity contribution in [2.45, 2.75) is 32.6 Å². The van der Waals surface area contributed by atoms with Gasteiger partial charge in [0.15, 0.2) is 12.4 Å². The highest BCUT2D eigenvalue weighted by molar-refractivity contribution is 6.05. The van der Waals surface area contributed by atoms with Crippen molar-refractivity contribution in [2.24, 2.45) is 0 Å². The fraction of sp³-hybridized carbons (Fsp3) is 0.286. The molecule has 5 nitrogen and oxygen atoms in total. The smallest absolute Gasteiger partial charge is 0.338 e. The lowest BCUT2D eigenvalue weighted by atomic mass is 9.99. The van der Waals surface area contributed by atoms with Crippen molar-refractivity contribution in [1.29, 1.82) is 0 Å². The minimum atomic E-state index is -0.528. The van der Waals surface area contributed by atoms with Crippen molar-refractivity contribution < 1.29 is 19.1 Å². The third kappa shape index (κ3) is 3.52. The van der Waals surface area contributed by atoms with E-state index in [0.29, 0.717) is 17.0 Å². The van der Waals surface area contributed by atoms with E-state index in [2.05, 4.69) is 19.2 Å². The number of Topliss-reactive ketones (excluding diaryl/α,β-unsaturated/α-hetero) is 1.